The Morgan fingerprint density at radius 3 is 2.48 bits per heavy atom. The molecule has 1 rings (SSSR count). The van der Waals surface area contributed by atoms with Gasteiger partial charge in [-0.15, -0.1) is 0 Å². The van der Waals surface area contributed by atoms with Gasteiger partial charge in [-0.3, -0.25) is 4.90 Å². The van der Waals surface area contributed by atoms with E-state index in [4.69, 9.17) is 0 Å². The minimum absolute atomic E-state index is 0.0386. The molecule has 0 amide bonds. The summed E-state index contributed by atoms with van der Waals surface area (Å²) in [5, 5.41) is 9.20. The highest BCUT2D eigenvalue weighted by atomic mass is 28.4. The Labute approximate surface area is 150 Å². The summed E-state index contributed by atoms with van der Waals surface area (Å²) in [7, 11) is -2.23. The molecule has 25 heavy (non-hydrogen) atoms. The van der Waals surface area contributed by atoms with Gasteiger partial charge in [0.1, 0.15) is 5.75 Å². The third-order valence-corrected chi connectivity index (χ3v) is 8.44. The van der Waals surface area contributed by atoms with Gasteiger partial charge >= 0.3 is 6.61 Å². The van der Waals surface area contributed by atoms with Crippen LogP contribution in [-0.2, 0) is 6.54 Å². The maximum Gasteiger partial charge on any atom is 0.387 e. The van der Waals surface area contributed by atoms with Gasteiger partial charge in [-0.2, -0.15) is 8.78 Å². The topological polar surface area (TPSA) is 52.9 Å². The lowest BCUT2D eigenvalue weighted by Gasteiger charge is -2.35. The molecule has 0 saturated carbocycles. The number of hydrogen-bond acceptors (Lipinski definition) is 4. The molecule has 0 aromatic heterocycles. The van der Waals surface area contributed by atoms with Crippen LogP contribution in [0.25, 0.3) is 0 Å². The lowest BCUT2D eigenvalue weighted by molar-refractivity contribution is -0.0499. The number of rotatable bonds is 11. The fraction of sp³-hybridized carbons (Fsp3) is 0.667. The fourth-order valence-electron chi connectivity index (χ4n) is 2.54. The highest BCUT2D eigenvalue weighted by Crippen LogP contribution is 2.39. The van der Waals surface area contributed by atoms with E-state index in [0.29, 0.717) is 13.1 Å². The van der Waals surface area contributed by atoms with Crippen molar-refractivity contribution in [1.82, 2.24) is 4.90 Å². The Balaban J connectivity index is 2.63. The third kappa shape index (κ3) is 7.81. The first-order valence-electron chi connectivity index (χ1n) is 8.64. The van der Waals surface area contributed by atoms with Crippen LogP contribution in [0, 0.1) is 0 Å². The van der Waals surface area contributed by atoms with Crippen molar-refractivity contribution in [3.05, 3.63) is 29.8 Å². The number of halogens is 2. The Morgan fingerprint density at radius 1 is 1.24 bits per heavy atom. The van der Waals surface area contributed by atoms with E-state index in [1.165, 1.54) is 6.07 Å². The molecule has 0 fully saturated rings. The second kappa shape index (κ2) is 9.61. The van der Waals surface area contributed by atoms with Crippen LogP contribution in [0.1, 0.15) is 32.3 Å². The molecule has 144 valence electrons. The van der Waals surface area contributed by atoms with Crippen molar-refractivity contribution in [3.8, 4) is 5.75 Å². The molecule has 0 saturated heterocycles. The molecule has 0 bridgehead atoms. The van der Waals surface area contributed by atoms with Gasteiger partial charge in [0.05, 0.1) is 6.61 Å². The highest BCUT2D eigenvalue weighted by molar-refractivity contribution is 6.72. The van der Waals surface area contributed by atoms with E-state index in [-0.39, 0.29) is 17.4 Å². The van der Waals surface area contributed by atoms with Gasteiger partial charge < -0.3 is 14.6 Å². The van der Waals surface area contributed by atoms with Crippen LogP contribution >= 0.6 is 0 Å². The molecule has 0 spiro atoms. The zero-order valence-corrected chi connectivity index (χ0v) is 16.6. The van der Waals surface area contributed by atoms with Crippen LogP contribution in [0.15, 0.2) is 24.3 Å². The lowest BCUT2D eigenvalue weighted by atomic mass is 10.1. The summed E-state index contributed by atoms with van der Waals surface area (Å²) in [6.07, 6.45) is 1.80. The Kier molecular flexibility index (Phi) is 8.47. The summed E-state index contributed by atoms with van der Waals surface area (Å²) >= 11 is 0. The molecule has 1 aromatic carbocycles. The largest absolute Gasteiger partial charge is 0.435 e. The Bertz CT molecular complexity index is 521. The van der Waals surface area contributed by atoms with Crippen molar-refractivity contribution in [3.63, 3.8) is 0 Å². The number of aliphatic hydroxyl groups is 1. The number of benzene rings is 1. The smallest absolute Gasteiger partial charge is 0.387 e. The first kappa shape index (κ1) is 22.0. The van der Waals surface area contributed by atoms with Gasteiger partial charge in [-0.05, 0) is 55.2 Å². The Morgan fingerprint density at radius 2 is 1.92 bits per heavy atom. The van der Waals surface area contributed by atoms with Crippen molar-refractivity contribution in [2.45, 2.75) is 58.0 Å². The molecule has 1 aromatic rings. The molecule has 0 unspecified atom stereocenters. The van der Waals surface area contributed by atoms with E-state index in [1.54, 1.807) is 12.1 Å². The van der Waals surface area contributed by atoms with Crippen molar-refractivity contribution in [2.75, 3.05) is 19.7 Å². The summed E-state index contributed by atoms with van der Waals surface area (Å²) in [6, 6.07) is 6.65. The molecular weight excluding hydrogens is 344 g/mol. The predicted octanol–water partition coefficient (Wildman–Crippen LogP) is 3.84. The van der Waals surface area contributed by atoms with E-state index in [9.17, 15) is 18.7 Å². The average Bonchev–Trinajstić information content (AvgIpc) is 2.45. The summed E-state index contributed by atoms with van der Waals surface area (Å²) in [6.45, 7) is 7.14. The first-order chi connectivity index (χ1) is 11.5. The van der Waals surface area contributed by atoms with E-state index < -0.39 is 14.9 Å². The molecule has 2 N–H and O–H groups in total. The van der Waals surface area contributed by atoms with E-state index in [1.807, 2.05) is 19.2 Å². The zero-order chi connectivity index (χ0) is 19.1. The molecule has 7 heteroatoms. The predicted molar refractivity (Wildman–Crippen MR) is 98.4 cm³/mol. The van der Waals surface area contributed by atoms with Gasteiger partial charge in [0.15, 0.2) is 8.32 Å². The van der Waals surface area contributed by atoms with Gasteiger partial charge in [-0.25, -0.2) is 0 Å². The van der Waals surface area contributed by atoms with Gasteiger partial charge in [-0.1, -0.05) is 26.0 Å². The van der Waals surface area contributed by atoms with Crippen molar-refractivity contribution < 1.29 is 23.4 Å². The standard InChI is InChI=1S/C18H31F2NO3Si/c1-18(2,25(3,4)23)9-6-10-21(11-12-22)14-15-7-5-8-16(13-15)24-17(19)20/h5,7-8,13,17,22-23H,6,9-12,14H2,1-4H3. The lowest BCUT2D eigenvalue weighted by Crippen LogP contribution is -2.39. The molecule has 0 aliphatic heterocycles. The van der Waals surface area contributed by atoms with Gasteiger partial charge in [0.25, 0.3) is 0 Å². The third-order valence-electron chi connectivity index (χ3n) is 4.88. The summed E-state index contributed by atoms with van der Waals surface area (Å²) in [4.78, 5) is 12.4. The van der Waals surface area contributed by atoms with E-state index in [2.05, 4.69) is 23.5 Å². The minimum Gasteiger partial charge on any atom is -0.435 e. The normalized spacial score (nSPS) is 12.9. The summed E-state index contributed by atoms with van der Waals surface area (Å²) < 4.78 is 29.1. The van der Waals surface area contributed by atoms with Gasteiger partial charge in [0.2, 0.25) is 0 Å². The minimum atomic E-state index is -2.84. The molecule has 0 atom stereocenters. The average molecular weight is 376 g/mol. The molecule has 4 nitrogen and oxygen atoms in total. The van der Waals surface area contributed by atoms with Crippen molar-refractivity contribution in [1.29, 1.82) is 0 Å². The van der Waals surface area contributed by atoms with Crippen LogP contribution < -0.4 is 4.74 Å². The van der Waals surface area contributed by atoms with Gasteiger partial charge in [0, 0.05) is 13.1 Å². The maximum atomic E-state index is 12.3. The molecule has 0 aliphatic rings. The van der Waals surface area contributed by atoms with E-state index >= 15 is 0 Å². The number of nitrogens with zero attached hydrogens (tertiary/aromatic N) is 1. The van der Waals surface area contributed by atoms with E-state index in [0.717, 1.165) is 24.9 Å². The first-order valence-corrected chi connectivity index (χ1v) is 11.6. The molecule has 0 heterocycles. The zero-order valence-electron chi connectivity index (χ0n) is 15.6. The summed E-state index contributed by atoms with van der Waals surface area (Å²) in [5.41, 5.74) is 0.864. The molecule has 0 aliphatic carbocycles. The van der Waals surface area contributed by atoms with Crippen LogP contribution in [-0.4, -0.2) is 49.4 Å². The maximum absolute atomic E-state index is 12.3. The Hall–Kier alpha value is -1.02. The molecule has 0 radical (unpaired) electrons. The number of hydrogen-bond donors (Lipinski definition) is 2. The SMILES string of the molecule is CC(C)(CCCN(CCO)Cc1cccc(OC(F)F)c1)[Si](C)(C)O. The monoisotopic (exact) mass is 375 g/mol. The molecular formula is C18H31F2NO3Si. The second-order valence-electron chi connectivity index (χ2n) is 7.57. The second-order valence-corrected chi connectivity index (χ2v) is 12.0. The van der Waals surface area contributed by atoms with Crippen LogP contribution in [0.4, 0.5) is 8.78 Å². The number of aliphatic hydroxyl groups excluding tert-OH is 1. The highest BCUT2D eigenvalue weighted by Gasteiger charge is 2.37. The van der Waals surface area contributed by atoms with Crippen molar-refractivity contribution in [2.24, 2.45) is 0 Å². The fourth-order valence-corrected chi connectivity index (χ4v) is 3.33. The van der Waals surface area contributed by atoms with Crippen LogP contribution in [0.5, 0.6) is 5.75 Å². The van der Waals surface area contributed by atoms with Crippen LogP contribution in [0.3, 0.4) is 0 Å². The van der Waals surface area contributed by atoms with Crippen molar-refractivity contribution >= 4 is 8.32 Å². The number of ether oxygens (including phenoxy) is 1. The number of alkyl halides is 2. The quantitative estimate of drug-likeness (QED) is 0.577. The summed E-state index contributed by atoms with van der Waals surface area (Å²) in [5.74, 6) is 0.144. The van der Waals surface area contributed by atoms with Crippen LogP contribution in [0.2, 0.25) is 18.1 Å².